The first-order chi connectivity index (χ1) is 12.3. The van der Waals surface area contributed by atoms with Crippen LogP contribution in [0.25, 0.3) is 5.76 Å². The second kappa shape index (κ2) is 8.06. The van der Waals surface area contributed by atoms with E-state index in [-0.39, 0.29) is 29.0 Å². The van der Waals surface area contributed by atoms with Gasteiger partial charge in [0.05, 0.1) is 29.1 Å². The van der Waals surface area contributed by atoms with E-state index in [0.29, 0.717) is 17.3 Å². The third-order valence-corrected chi connectivity index (χ3v) is 3.19. The molecule has 2 rings (SSSR count). The van der Waals surface area contributed by atoms with Crippen LogP contribution in [0.1, 0.15) is 26.3 Å². The Morgan fingerprint density at radius 2 is 1.96 bits per heavy atom. The van der Waals surface area contributed by atoms with Crippen molar-refractivity contribution in [3.63, 3.8) is 0 Å². The summed E-state index contributed by atoms with van der Waals surface area (Å²) in [5.74, 6) is 0.365. The van der Waals surface area contributed by atoms with Crippen LogP contribution in [0.15, 0.2) is 42.4 Å². The van der Waals surface area contributed by atoms with Crippen molar-refractivity contribution in [2.75, 3.05) is 5.32 Å². The summed E-state index contributed by atoms with van der Waals surface area (Å²) in [6.07, 6.45) is 2.81. The van der Waals surface area contributed by atoms with Gasteiger partial charge < -0.3 is 20.6 Å². The number of nitro benzene ring substituents is 1. The maximum Gasteiger partial charge on any atom is 0.269 e. The Hall–Kier alpha value is -3.49. The van der Waals surface area contributed by atoms with Gasteiger partial charge >= 0.3 is 0 Å². The van der Waals surface area contributed by atoms with E-state index in [1.54, 1.807) is 0 Å². The van der Waals surface area contributed by atoms with Gasteiger partial charge in [0.2, 0.25) is 5.88 Å². The fourth-order valence-electron chi connectivity index (χ4n) is 2.05. The summed E-state index contributed by atoms with van der Waals surface area (Å²) in [5.41, 5.74) is 0.395. The summed E-state index contributed by atoms with van der Waals surface area (Å²) >= 11 is 0. The lowest BCUT2D eigenvalue weighted by Crippen LogP contribution is -2.13. The van der Waals surface area contributed by atoms with Gasteiger partial charge in [-0.15, -0.1) is 0 Å². The van der Waals surface area contributed by atoms with Crippen LogP contribution in [0.4, 0.5) is 11.5 Å². The van der Waals surface area contributed by atoms with Crippen LogP contribution < -0.4 is 10.1 Å². The van der Waals surface area contributed by atoms with E-state index in [2.05, 4.69) is 15.3 Å². The molecule has 0 bridgehead atoms. The Morgan fingerprint density at radius 3 is 2.50 bits per heavy atom. The number of hydrogen-bond acceptors (Lipinski definition) is 8. The van der Waals surface area contributed by atoms with Gasteiger partial charge in [0.15, 0.2) is 5.82 Å². The lowest BCUT2D eigenvalue weighted by Gasteiger charge is -2.13. The molecule has 0 saturated carbocycles. The van der Waals surface area contributed by atoms with Gasteiger partial charge in [-0.05, 0) is 32.9 Å². The molecule has 0 saturated heterocycles. The second-order valence-corrected chi connectivity index (χ2v) is 5.69. The molecule has 0 spiro atoms. The van der Waals surface area contributed by atoms with Crippen molar-refractivity contribution >= 4 is 23.0 Å². The van der Waals surface area contributed by atoms with Gasteiger partial charge in [0.1, 0.15) is 11.5 Å². The number of rotatable bonds is 7. The van der Waals surface area contributed by atoms with E-state index >= 15 is 0 Å². The summed E-state index contributed by atoms with van der Waals surface area (Å²) in [5, 5.41) is 31.9. The van der Waals surface area contributed by atoms with E-state index in [1.165, 1.54) is 43.6 Å². The number of non-ortho nitro benzene ring substituents is 1. The normalized spacial score (nSPS) is 11.7. The van der Waals surface area contributed by atoms with Crippen LogP contribution in [0, 0.1) is 15.5 Å². The maximum absolute atomic E-state index is 10.7. The topological polar surface area (TPSA) is 134 Å². The van der Waals surface area contributed by atoms with Crippen molar-refractivity contribution in [1.82, 2.24) is 9.97 Å². The number of ether oxygens (including phenoxy) is 1. The van der Waals surface area contributed by atoms with E-state index < -0.39 is 4.92 Å². The monoisotopic (exact) mass is 357 g/mol. The zero-order valence-electron chi connectivity index (χ0n) is 14.6. The van der Waals surface area contributed by atoms with Crippen LogP contribution in [0.5, 0.6) is 5.88 Å². The number of hydrogen-bond donors (Lipinski definition) is 3. The molecule has 2 aromatic rings. The minimum absolute atomic E-state index is 0.0535. The fraction of sp³-hybridized carbons (Fsp3) is 0.235. The Labute approximate surface area is 150 Å². The number of benzene rings is 1. The highest BCUT2D eigenvalue weighted by Crippen LogP contribution is 2.22. The molecular weight excluding hydrogens is 338 g/mol. The smallest absolute Gasteiger partial charge is 0.269 e. The number of aliphatic hydroxyl groups is 1. The van der Waals surface area contributed by atoms with Crippen molar-refractivity contribution in [3.05, 3.63) is 58.0 Å². The molecule has 136 valence electrons. The van der Waals surface area contributed by atoms with Gasteiger partial charge in [-0.3, -0.25) is 15.1 Å². The number of anilines is 1. The molecule has 26 heavy (non-hydrogen) atoms. The van der Waals surface area contributed by atoms with Crippen LogP contribution in [0.2, 0.25) is 0 Å². The van der Waals surface area contributed by atoms with Gasteiger partial charge in [0.25, 0.3) is 5.69 Å². The second-order valence-electron chi connectivity index (χ2n) is 5.69. The van der Waals surface area contributed by atoms with E-state index in [9.17, 15) is 15.2 Å². The van der Waals surface area contributed by atoms with Gasteiger partial charge in [-0.2, -0.15) is 4.98 Å². The van der Waals surface area contributed by atoms with Gasteiger partial charge in [0, 0.05) is 17.7 Å². The third-order valence-electron chi connectivity index (χ3n) is 3.19. The molecule has 9 nitrogen and oxygen atoms in total. The summed E-state index contributed by atoms with van der Waals surface area (Å²) in [7, 11) is 0. The molecule has 0 aliphatic rings. The van der Waals surface area contributed by atoms with Crippen molar-refractivity contribution < 1.29 is 14.8 Å². The Balaban J connectivity index is 2.34. The molecule has 1 aromatic heterocycles. The first-order valence-electron chi connectivity index (χ1n) is 7.77. The average Bonchev–Trinajstić information content (AvgIpc) is 2.58. The zero-order chi connectivity index (χ0) is 19.3. The van der Waals surface area contributed by atoms with Gasteiger partial charge in [-0.1, -0.05) is 0 Å². The average molecular weight is 357 g/mol. The molecular formula is C17H19N5O4. The van der Waals surface area contributed by atoms with Crippen LogP contribution in [-0.4, -0.2) is 31.8 Å². The molecule has 9 heteroatoms. The van der Waals surface area contributed by atoms with E-state index in [1.807, 2.05) is 13.8 Å². The fourth-order valence-corrected chi connectivity index (χ4v) is 2.05. The van der Waals surface area contributed by atoms with Crippen molar-refractivity contribution in [2.45, 2.75) is 26.9 Å². The Kier molecular flexibility index (Phi) is 5.84. The summed E-state index contributed by atoms with van der Waals surface area (Å²) < 4.78 is 5.47. The highest BCUT2D eigenvalue weighted by atomic mass is 16.6. The minimum Gasteiger partial charge on any atom is -0.505 e. The molecule has 0 atom stereocenters. The summed E-state index contributed by atoms with van der Waals surface area (Å²) in [4.78, 5) is 18.4. The number of nitrogens with one attached hydrogen (secondary N) is 2. The SMILES string of the molecule is CC(=N)/C(Nc1cncc(OC(C)C)n1)=C(\O)c1ccc([N+](=O)[O-])cc1. The molecule has 1 aromatic carbocycles. The predicted octanol–water partition coefficient (Wildman–Crippen LogP) is 3.55. The number of aliphatic hydroxyl groups excluding tert-OH is 1. The molecule has 0 fully saturated rings. The standard InChI is InChI=1S/C17H19N5O4/c1-10(2)26-15-9-19-8-14(20-15)21-16(11(3)18)17(23)12-4-6-13(7-5-12)22(24)25/h4-10,18,23H,1-3H3,(H,20,21)/b17-16+,18-11?. The van der Waals surface area contributed by atoms with E-state index in [4.69, 9.17) is 10.1 Å². The quantitative estimate of drug-likeness (QED) is 0.298. The molecule has 0 aliphatic heterocycles. The van der Waals surface area contributed by atoms with Crippen molar-refractivity contribution in [3.8, 4) is 5.88 Å². The first kappa shape index (κ1) is 18.8. The molecule has 0 amide bonds. The number of allylic oxidation sites excluding steroid dienone is 1. The third kappa shape index (κ3) is 4.76. The zero-order valence-corrected chi connectivity index (χ0v) is 14.6. The number of nitro groups is 1. The minimum atomic E-state index is -0.526. The Bertz CT molecular complexity index is 846. The van der Waals surface area contributed by atoms with Crippen molar-refractivity contribution in [2.24, 2.45) is 0 Å². The molecule has 1 heterocycles. The maximum atomic E-state index is 10.7. The number of aromatic nitrogens is 2. The highest BCUT2D eigenvalue weighted by molar-refractivity contribution is 6.04. The first-order valence-corrected chi connectivity index (χ1v) is 7.77. The van der Waals surface area contributed by atoms with Gasteiger partial charge in [-0.25, -0.2) is 0 Å². The molecule has 3 N–H and O–H groups in total. The lowest BCUT2D eigenvalue weighted by molar-refractivity contribution is -0.384. The predicted molar refractivity (Wildman–Crippen MR) is 97.5 cm³/mol. The molecule has 0 radical (unpaired) electrons. The largest absolute Gasteiger partial charge is 0.505 e. The molecule has 0 aliphatic carbocycles. The lowest BCUT2D eigenvalue weighted by atomic mass is 10.1. The van der Waals surface area contributed by atoms with Crippen LogP contribution in [-0.2, 0) is 0 Å². The van der Waals surface area contributed by atoms with Crippen LogP contribution >= 0.6 is 0 Å². The van der Waals surface area contributed by atoms with E-state index in [0.717, 1.165) is 0 Å². The molecule has 0 unspecified atom stereocenters. The summed E-state index contributed by atoms with van der Waals surface area (Å²) in [6, 6.07) is 5.36. The Morgan fingerprint density at radius 1 is 1.31 bits per heavy atom. The van der Waals surface area contributed by atoms with Crippen LogP contribution in [0.3, 0.4) is 0 Å². The number of nitrogens with zero attached hydrogens (tertiary/aromatic N) is 3. The van der Waals surface area contributed by atoms with Crippen molar-refractivity contribution in [1.29, 1.82) is 5.41 Å². The highest BCUT2D eigenvalue weighted by Gasteiger charge is 2.14. The summed E-state index contributed by atoms with van der Waals surface area (Å²) in [6.45, 7) is 5.20.